The molecule has 1 aromatic heterocycles. The van der Waals surface area contributed by atoms with Crippen molar-refractivity contribution in [1.29, 1.82) is 0 Å². The normalized spacial score (nSPS) is 22.4. The standard InChI is InChI=1S/C21H27N3O3/c1-13(2)7-9-23-12-18(25)24-10-8-15-16-11-14(27-4)5-6-17(16)22-19(15)21(24,3)20(23)26/h5-6,11,13,22H,7-10,12H2,1-4H3. The summed E-state index contributed by atoms with van der Waals surface area (Å²) < 4.78 is 5.37. The summed E-state index contributed by atoms with van der Waals surface area (Å²) in [6.07, 6.45) is 1.63. The number of ether oxygens (including phenoxy) is 1. The quantitative estimate of drug-likeness (QED) is 0.901. The fraction of sp³-hybridized carbons (Fsp3) is 0.524. The molecule has 3 heterocycles. The van der Waals surface area contributed by atoms with Crippen molar-refractivity contribution in [2.24, 2.45) is 5.92 Å². The van der Waals surface area contributed by atoms with E-state index in [1.54, 1.807) is 16.9 Å². The van der Waals surface area contributed by atoms with Crippen LogP contribution in [0, 0.1) is 5.92 Å². The molecule has 1 atom stereocenters. The first kappa shape index (κ1) is 17.9. The van der Waals surface area contributed by atoms with Crippen LogP contribution in [0.15, 0.2) is 18.2 Å². The summed E-state index contributed by atoms with van der Waals surface area (Å²) in [4.78, 5) is 33.3. The topological polar surface area (TPSA) is 65.6 Å². The van der Waals surface area contributed by atoms with E-state index in [-0.39, 0.29) is 18.4 Å². The number of aromatic amines is 1. The van der Waals surface area contributed by atoms with Crippen molar-refractivity contribution in [2.75, 3.05) is 26.7 Å². The Bertz CT molecular complexity index is 917. The first-order chi connectivity index (χ1) is 12.9. The highest BCUT2D eigenvalue weighted by molar-refractivity contribution is 6.00. The van der Waals surface area contributed by atoms with Gasteiger partial charge in [0.15, 0.2) is 5.54 Å². The number of piperazine rings is 1. The van der Waals surface area contributed by atoms with Crippen molar-refractivity contribution in [3.05, 3.63) is 29.5 Å². The number of amides is 2. The van der Waals surface area contributed by atoms with Gasteiger partial charge >= 0.3 is 0 Å². The Morgan fingerprint density at radius 3 is 2.78 bits per heavy atom. The van der Waals surface area contributed by atoms with E-state index in [1.165, 1.54) is 0 Å². The third-order valence-corrected chi connectivity index (χ3v) is 6.03. The SMILES string of the molecule is COc1ccc2[nH]c3c(c2c1)CCN1C(=O)CN(CCC(C)C)C(=O)C31C. The zero-order valence-electron chi connectivity index (χ0n) is 16.5. The Balaban J connectivity index is 1.81. The summed E-state index contributed by atoms with van der Waals surface area (Å²) in [5.41, 5.74) is 1.98. The molecule has 1 fully saturated rings. The molecule has 1 N–H and O–H groups in total. The van der Waals surface area contributed by atoms with Crippen LogP contribution in [0.1, 0.15) is 38.4 Å². The maximum atomic E-state index is 13.5. The first-order valence-corrected chi connectivity index (χ1v) is 9.65. The van der Waals surface area contributed by atoms with Gasteiger partial charge in [0.05, 0.1) is 19.3 Å². The van der Waals surface area contributed by atoms with Crippen LogP contribution in [0.5, 0.6) is 5.75 Å². The maximum Gasteiger partial charge on any atom is 0.254 e. The van der Waals surface area contributed by atoms with Crippen LogP contribution < -0.4 is 4.74 Å². The van der Waals surface area contributed by atoms with E-state index in [1.807, 2.05) is 25.1 Å². The lowest BCUT2D eigenvalue weighted by Crippen LogP contribution is -2.67. The van der Waals surface area contributed by atoms with E-state index in [4.69, 9.17) is 4.74 Å². The van der Waals surface area contributed by atoms with Gasteiger partial charge in [0.25, 0.3) is 5.91 Å². The predicted octanol–water partition coefficient (Wildman–Crippen LogP) is 2.66. The molecule has 0 bridgehead atoms. The first-order valence-electron chi connectivity index (χ1n) is 9.65. The van der Waals surface area contributed by atoms with Crippen molar-refractivity contribution < 1.29 is 14.3 Å². The fourth-order valence-electron chi connectivity index (χ4n) is 4.43. The van der Waals surface area contributed by atoms with Gasteiger partial charge in [-0.05, 0) is 49.4 Å². The van der Waals surface area contributed by atoms with Gasteiger partial charge in [0.2, 0.25) is 5.91 Å². The number of carbonyl (C=O) groups excluding carboxylic acids is 2. The molecule has 2 aliphatic rings. The van der Waals surface area contributed by atoms with Crippen LogP contribution >= 0.6 is 0 Å². The van der Waals surface area contributed by atoms with E-state index in [0.29, 0.717) is 19.0 Å². The maximum absolute atomic E-state index is 13.5. The number of rotatable bonds is 4. The minimum atomic E-state index is -0.966. The molecular weight excluding hydrogens is 342 g/mol. The molecular formula is C21H27N3O3. The fourth-order valence-corrected chi connectivity index (χ4v) is 4.43. The van der Waals surface area contributed by atoms with Gasteiger partial charge in [-0.2, -0.15) is 0 Å². The van der Waals surface area contributed by atoms with E-state index in [0.717, 1.165) is 40.8 Å². The third-order valence-electron chi connectivity index (χ3n) is 6.03. The summed E-state index contributed by atoms with van der Waals surface area (Å²) in [6, 6.07) is 5.90. The van der Waals surface area contributed by atoms with Gasteiger partial charge in [-0.15, -0.1) is 0 Å². The summed E-state index contributed by atoms with van der Waals surface area (Å²) in [5.74, 6) is 1.33. The molecule has 2 amide bonds. The van der Waals surface area contributed by atoms with Gasteiger partial charge in [0.1, 0.15) is 5.75 Å². The minimum absolute atomic E-state index is 0.0159. The average molecular weight is 369 g/mol. The number of hydrogen-bond acceptors (Lipinski definition) is 3. The van der Waals surface area contributed by atoms with Gasteiger partial charge in [-0.25, -0.2) is 0 Å². The predicted molar refractivity (Wildman–Crippen MR) is 104 cm³/mol. The highest BCUT2D eigenvalue weighted by atomic mass is 16.5. The smallest absolute Gasteiger partial charge is 0.254 e. The molecule has 6 heteroatoms. The lowest BCUT2D eigenvalue weighted by molar-refractivity contribution is -0.166. The van der Waals surface area contributed by atoms with E-state index in [2.05, 4.69) is 18.8 Å². The van der Waals surface area contributed by atoms with Crippen molar-refractivity contribution in [1.82, 2.24) is 14.8 Å². The molecule has 6 nitrogen and oxygen atoms in total. The molecule has 27 heavy (non-hydrogen) atoms. The molecule has 1 aromatic carbocycles. The Morgan fingerprint density at radius 1 is 1.30 bits per heavy atom. The van der Waals surface area contributed by atoms with Crippen LogP contribution in [-0.2, 0) is 21.5 Å². The average Bonchev–Trinajstić information content (AvgIpc) is 3.02. The molecule has 2 aliphatic heterocycles. The van der Waals surface area contributed by atoms with Gasteiger partial charge in [-0.1, -0.05) is 13.8 Å². The summed E-state index contributed by atoms with van der Waals surface area (Å²) in [7, 11) is 1.65. The summed E-state index contributed by atoms with van der Waals surface area (Å²) in [5, 5.41) is 1.07. The highest BCUT2D eigenvalue weighted by Gasteiger charge is 2.53. The Morgan fingerprint density at radius 2 is 2.07 bits per heavy atom. The molecule has 4 rings (SSSR count). The van der Waals surface area contributed by atoms with Crippen LogP contribution in [0.4, 0.5) is 0 Å². The van der Waals surface area contributed by atoms with Crippen LogP contribution in [0.25, 0.3) is 10.9 Å². The van der Waals surface area contributed by atoms with Gasteiger partial charge < -0.3 is 19.5 Å². The number of hydrogen-bond donors (Lipinski definition) is 1. The van der Waals surface area contributed by atoms with Crippen LogP contribution in [0.2, 0.25) is 0 Å². The van der Waals surface area contributed by atoms with Crippen molar-refractivity contribution >= 4 is 22.7 Å². The molecule has 2 aromatic rings. The molecule has 1 saturated heterocycles. The van der Waals surface area contributed by atoms with Crippen molar-refractivity contribution in [2.45, 2.75) is 39.2 Å². The zero-order valence-corrected chi connectivity index (χ0v) is 16.5. The lowest BCUT2D eigenvalue weighted by atomic mass is 9.83. The molecule has 144 valence electrons. The molecule has 0 saturated carbocycles. The van der Waals surface area contributed by atoms with Crippen LogP contribution in [0.3, 0.4) is 0 Å². The number of benzene rings is 1. The largest absolute Gasteiger partial charge is 0.497 e. The number of carbonyl (C=O) groups is 2. The second-order valence-corrected chi connectivity index (χ2v) is 8.17. The number of nitrogens with one attached hydrogen (secondary N) is 1. The summed E-state index contributed by atoms with van der Waals surface area (Å²) in [6.45, 7) is 7.53. The number of nitrogens with zero attached hydrogens (tertiary/aromatic N) is 2. The number of methoxy groups -OCH3 is 1. The number of fused-ring (bicyclic) bond motifs is 5. The summed E-state index contributed by atoms with van der Waals surface area (Å²) >= 11 is 0. The molecule has 0 aliphatic carbocycles. The third kappa shape index (κ3) is 2.61. The van der Waals surface area contributed by atoms with Gasteiger partial charge in [0, 0.05) is 24.0 Å². The van der Waals surface area contributed by atoms with E-state index < -0.39 is 5.54 Å². The van der Waals surface area contributed by atoms with E-state index in [9.17, 15) is 9.59 Å². The minimum Gasteiger partial charge on any atom is -0.497 e. The zero-order chi connectivity index (χ0) is 19.3. The highest BCUT2D eigenvalue weighted by Crippen LogP contribution is 2.42. The molecule has 0 radical (unpaired) electrons. The Hall–Kier alpha value is -2.50. The van der Waals surface area contributed by atoms with Crippen molar-refractivity contribution in [3.63, 3.8) is 0 Å². The lowest BCUT2D eigenvalue weighted by Gasteiger charge is -2.49. The number of H-pyrrole nitrogens is 1. The van der Waals surface area contributed by atoms with Crippen LogP contribution in [-0.4, -0.2) is 53.3 Å². The second-order valence-electron chi connectivity index (χ2n) is 8.17. The van der Waals surface area contributed by atoms with E-state index >= 15 is 0 Å². The molecule has 1 unspecified atom stereocenters. The second kappa shape index (κ2) is 6.29. The number of aromatic nitrogens is 1. The van der Waals surface area contributed by atoms with Gasteiger partial charge in [-0.3, -0.25) is 9.59 Å². The monoisotopic (exact) mass is 369 g/mol. The Labute approximate surface area is 159 Å². The Kier molecular flexibility index (Phi) is 4.17. The molecule has 0 spiro atoms. The van der Waals surface area contributed by atoms with Crippen molar-refractivity contribution in [3.8, 4) is 5.75 Å².